The minimum Gasteiger partial charge on any atom is -0.331 e. The Labute approximate surface area is 107 Å². The van der Waals surface area contributed by atoms with Gasteiger partial charge in [-0.3, -0.25) is 0 Å². The monoisotopic (exact) mass is 259 g/mol. The van der Waals surface area contributed by atoms with Gasteiger partial charge < -0.3 is 10.3 Å². The van der Waals surface area contributed by atoms with Gasteiger partial charge in [0, 0.05) is 30.9 Å². The van der Waals surface area contributed by atoms with Crippen LogP contribution < -0.4 is 5.73 Å². The molecule has 0 spiro atoms. The zero-order valence-electron chi connectivity index (χ0n) is 9.26. The van der Waals surface area contributed by atoms with E-state index in [-0.39, 0.29) is 12.4 Å². The molecule has 0 aliphatic carbocycles. The van der Waals surface area contributed by atoms with Crippen LogP contribution in [-0.4, -0.2) is 21.3 Å². The lowest BCUT2D eigenvalue weighted by Gasteiger charge is -2.23. The summed E-state index contributed by atoms with van der Waals surface area (Å²) in [6.45, 7) is 1.07. The molecule has 2 aliphatic heterocycles. The van der Waals surface area contributed by atoms with Crippen LogP contribution >= 0.6 is 24.2 Å². The maximum Gasteiger partial charge on any atom is 0.122 e. The van der Waals surface area contributed by atoms with Gasteiger partial charge in [0.1, 0.15) is 5.82 Å². The number of halogens is 1. The topological polar surface area (TPSA) is 43.8 Å². The molecule has 1 aromatic heterocycles. The maximum absolute atomic E-state index is 5.97. The molecule has 3 rings (SSSR count). The van der Waals surface area contributed by atoms with Crippen molar-refractivity contribution >= 4 is 24.2 Å². The standard InChI is InChI=1S/C11H17N3S.ClH/c12-8-3-4-14-9(6-8)7-13-11(14)10-2-1-5-15-10;/h7-8,10H,1-6,12H2;1H. The number of aromatic nitrogens is 2. The molecule has 2 atom stereocenters. The Hall–Kier alpha value is -0.190. The van der Waals surface area contributed by atoms with Crippen LogP contribution in [0, 0.1) is 0 Å². The Kier molecular flexibility index (Phi) is 3.82. The van der Waals surface area contributed by atoms with Gasteiger partial charge in [0.2, 0.25) is 0 Å². The largest absolute Gasteiger partial charge is 0.331 e. The summed E-state index contributed by atoms with van der Waals surface area (Å²) in [5.74, 6) is 2.60. The fraction of sp³-hybridized carbons (Fsp3) is 0.727. The first-order valence-corrected chi connectivity index (χ1v) is 6.81. The fourth-order valence-electron chi connectivity index (χ4n) is 2.55. The second kappa shape index (κ2) is 4.98. The molecule has 0 amide bonds. The summed E-state index contributed by atoms with van der Waals surface area (Å²) in [5, 5.41) is 0.646. The smallest absolute Gasteiger partial charge is 0.122 e. The SMILES string of the molecule is Cl.NC1CCn2c(cnc2C2CCCS2)C1. The zero-order valence-corrected chi connectivity index (χ0v) is 10.9. The average molecular weight is 260 g/mol. The summed E-state index contributed by atoms with van der Waals surface area (Å²) in [6.07, 6.45) is 6.79. The highest BCUT2D eigenvalue weighted by Gasteiger charge is 2.26. The first-order valence-electron chi connectivity index (χ1n) is 5.76. The molecule has 5 heteroatoms. The molecule has 0 saturated carbocycles. The number of nitrogens with two attached hydrogens (primary N) is 1. The van der Waals surface area contributed by atoms with Crippen molar-refractivity contribution in [2.24, 2.45) is 5.73 Å². The molecule has 1 fully saturated rings. The second-order valence-electron chi connectivity index (χ2n) is 4.51. The molecule has 3 nitrogen and oxygen atoms in total. The highest BCUT2D eigenvalue weighted by Crippen LogP contribution is 2.39. The number of imidazole rings is 1. The quantitative estimate of drug-likeness (QED) is 0.841. The van der Waals surface area contributed by atoms with Crippen molar-refractivity contribution in [1.29, 1.82) is 0 Å². The first-order chi connectivity index (χ1) is 7.34. The summed E-state index contributed by atoms with van der Waals surface area (Å²) < 4.78 is 2.41. The molecule has 1 aromatic rings. The van der Waals surface area contributed by atoms with E-state index in [0.717, 1.165) is 19.4 Å². The van der Waals surface area contributed by atoms with E-state index in [1.807, 2.05) is 6.20 Å². The highest BCUT2D eigenvalue weighted by atomic mass is 35.5. The zero-order chi connectivity index (χ0) is 10.3. The Balaban J connectivity index is 0.000000963. The van der Waals surface area contributed by atoms with Gasteiger partial charge in [0.15, 0.2) is 0 Å². The third-order valence-corrected chi connectivity index (χ3v) is 4.75. The van der Waals surface area contributed by atoms with Crippen molar-refractivity contribution < 1.29 is 0 Å². The minimum absolute atomic E-state index is 0. The van der Waals surface area contributed by atoms with Crippen molar-refractivity contribution in [3.8, 4) is 0 Å². The van der Waals surface area contributed by atoms with Gasteiger partial charge in [-0.15, -0.1) is 12.4 Å². The lowest BCUT2D eigenvalue weighted by atomic mass is 10.1. The predicted octanol–water partition coefficient (Wildman–Crippen LogP) is 2.15. The molecule has 1 saturated heterocycles. The molecule has 0 bridgehead atoms. The van der Waals surface area contributed by atoms with Gasteiger partial charge in [-0.05, 0) is 25.0 Å². The van der Waals surface area contributed by atoms with Crippen LogP contribution in [0.5, 0.6) is 0 Å². The summed E-state index contributed by atoms with van der Waals surface area (Å²) in [6, 6.07) is 0.346. The van der Waals surface area contributed by atoms with E-state index >= 15 is 0 Å². The van der Waals surface area contributed by atoms with Crippen molar-refractivity contribution in [2.45, 2.75) is 43.5 Å². The predicted molar refractivity (Wildman–Crippen MR) is 70.2 cm³/mol. The number of fused-ring (bicyclic) bond motifs is 1. The number of rotatable bonds is 1. The van der Waals surface area contributed by atoms with Crippen LogP contribution in [0.25, 0.3) is 0 Å². The second-order valence-corrected chi connectivity index (χ2v) is 5.82. The van der Waals surface area contributed by atoms with E-state index in [0.29, 0.717) is 11.3 Å². The van der Waals surface area contributed by atoms with E-state index < -0.39 is 0 Å². The molecular weight excluding hydrogens is 242 g/mol. The lowest BCUT2D eigenvalue weighted by Crippen LogP contribution is -2.31. The summed E-state index contributed by atoms with van der Waals surface area (Å²) in [7, 11) is 0. The van der Waals surface area contributed by atoms with Gasteiger partial charge in [0.25, 0.3) is 0 Å². The highest BCUT2D eigenvalue weighted by molar-refractivity contribution is 7.99. The van der Waals surface area contributed by atoms with E-state index in [9.17, 15) is 0 Å². The molecule has 2 unspecified atom stereocenters. The van der Waals surface area contributed by atoms with Crippen molar-refractivity contribution in [3.05, 3.63) is 17.7 Å². The van der Waals surface area contributed by atoms with Crippen molar-refractivity contribution in [2.75, 3.05) is 5.75 Å². The third kappa shape index (κ3) is 2.11. The van der Waals surface area contributed by atoms with Crippen molar-refractivity contribution in [1.82, 2.24) is 9.55 Å². The van der Waals surface area contributed by atoms with Crippen LogP contribution in [-0.2, 0) is 13.0 Å². The van der Waals surface area contributed by atoms with Crippen LogP contribution in [0.4, 0.5) is 0 Å². The number of thioether (sulfide) groups is 1. The number of hydrogen-bond acceptors (Lipinski definition) is 3. The molecule has 16 heavy (non-hydrogen) atoms. The van der Waals surface area contributed by atoms with E-state index in [4.69, 9.17) is 5.73 Å². The van der Waals surface area contributed by atoms with E-state index in [1.165, 1.54) is 30.1 Å². The Bertz CT molecular complexity index is 360. The molecule has 3 heterocycles. The van der Waals surface area contributed by atoms with E-state index in [2.05, 4.69) is 21.3 Å². The van der Waals surface area contributed by atoms with Gasteiger partial charge in [-0.1, -0.05) is 0 Å². The average Bonchev–Trinajstić information content (AvgIpc) is 2.82. The minimum atomic E-state index is 0. The molecule has 2 N–H and O–H groups in total. The van der Waals surface area contributed by atoms with Crippen LogP contribution in [0.15, 0.2) is 6.20 Å². The van der Waals surface area contributed by atoms with Crippen LogP contribution in [0.1, 0.15) is 36.0 Å². The molecule has 0 radical (unpaired) electrons. The summed E-state index contributed by atoms with van der Waals surface area (Å²) >= 11 is 2.06. The van der Waals surface area contributed by atoms with Gasteiger partial charge in [-0.2, -0.15) is 11.8 Å². The third-order valence-electron chi connectivity index (χ3n) is 3.38. The summed E-state index contributed by atoms with van der Waals surface area (Å²) in [5.41, 5.74) is 7.31. The summed E-state index contributed by atoms with van der Waals surface area (Å²) in [4.78, 5) is 4.60. The Morgan fingerprint density at radius 2 is 2.31 bits per heavy atom. The lowest BCUT2D eigenvalue weighted by molar-refractivity contribution is 0.458. The maximum atomic E-state index is 5.97. The Morgan fingerprint density at radius 3 is 3.06 bits per heavy atom. The number of nitrogens with zero attached hydrogens (tertiary/aromatic N) is 2. The molecule has 90 valence electrons. The number of hydrogen-bond donors (Lipinski definition) is 1. The first kappa shape index (κ1) is 12.3. The molecule has 2 aliphatic rings. The van der Waals surface area contributed by atoms with Gasteiger partial charge in [0.05, 0.1) is 5.25 Å². The molecular formula is C11H18ClN3S. The fourth-order valence-corrected chi connectivity index (χ4v) is 3.84. The Morgan fingerprint density at radius 1 is 1.44 bits per heavy atom. The normalized spacial score (nSPS) is 28.6. The van der Waals surface area contributed by atoms with Crippen LogP contribution in [0.3, 0.4) is 0 Å². The van der Waals surface area contributed by atoms with Crippen molar-refractivity contribution in [3.63, 3.8) is 0 Å². The van der Waals surface area contributed by atoms with E-state index in [1.54, 1.807) is 0 Å². The van der Waals surface area contributed by atoms with Gasteiger partial charge >= 0.3 is 0 Å². The molecule has 0 aromatic carbocycles. The van der Waals surface area contributed by atoms with Crippen LogP contribution in [0.2, 0.25) is 0 Å². The van der Waals surface area contributed by atoms with Gasteiger partial charge in [-0.25, -0.2) is 4.98 Å².